The molecule has 1 N–H and O–H groups in total. The topological polar surface area (TPSA) is 72.3 Å². The number of nitrogens with zero attached hydrogens (tertiary/aromatic N) is 2. The molecule has 0 aliphatic rings. The summed E-state index contributed by atoms with van der Waals surface area (Å²) in [5, 5.41) is 9.69. The van der Waals surface area contributed by atoms with Crippen LogP contribution in [-0.2, 0) is 12.8 Å². The fraction of sp³-hybridized carbons (Fsp3) is 0.267. The average molecular weight is 307 g/mol. The highest BCUT2D eigenvalue weighted by molar-refractivity contribution is 6.31. The first-order valence-corrected chi connectivity index (χ1v) is 6.85. The normalized spacial score (nSPS) is 10.4. The Bertz CT molecular complexity index is 649. The summed E-state index contributed by atoms with van der Waals surface area (Å²) in [5.41, 5.74) is 2.33. The Hall–Kier alpha value is -2.14. The molecule has 21 heavy (non-hydrogen) atoms. The zero-order valence-corrected chi connectivity index (χ0v) is 12.5. The Morgan fingerprint density at radius 1 is 1.33 bits per heavy atom. The number of aryl methyl sites for hydroxylation is 1. The van der Waals surface area contributed by atoms with Gasteiger partial charge in [0, 0.05) is 17.0 Å². The van der Waals surface area contributed by atoms with E-state index in [0.717, 1.165) is 11.1 Å². The molecule has 2 rings (SSSR count). The minimum atomic E-state index is -1.17. The van der Waals surface area contributed by atoms with Crippen LogP contribution >= 0.6 is 11.6 Å². The molecule has 0 saturated carbocycles. The van der Waals surface area contributed by atoms with Crippen molar-refractivity contribution in [3.05, 3.63) is 51.9 Å². The van der Waals surface area contributed by atoms with Gasteiger partial charge in [0.15, 0.2) is 0 Å². The smallest absolute Gasteiger partial charge is 0.374 e. The van der Waals surface area contributed by atoms with Crippen molar-refractivity contribution in [2.45, 2.75) is 19.8 Å². The Morgan fingerprint density at radius 2 is 2.05 bits per heavy atom. The standard InChI is InChI=1S/C15H15ClN2O3/c1-3-12-10(8-9-6-4-5-7-11(9)16)14(21-2)18-13(17-12)15(19)20/h4-7H,3,8H2,1-2H3,(H,19,20). The van der Waals surface area contributed by atoms with Gasteiger partial charge in [0.25, 0.3) is 0 Å². The van der Waals surface area contributed by atoms with Crippen LogP contribution in [-0.4, -0.2) is 28.2 Å². The average Bonchev–Trinajstić information content (AvgIpc) is 2.49. The minimum Gasteiger partial charge on any atom is -0.481 e. The molecule has 1 heterocycles. The van der Waals surface area contributed by atoms with Gasteiger partial charge < -0.3 is 9.84 Å². The molecule has 110 valence electrons. The number of aromatic nitrogens is 2. The van der Waals surface area contributed by atoms with E-state index in [0.29, 0.717) is 23.6 Å². The third-order valence-corrected chi connectivity index (χ3v) is 3.47. The summed E-state index contributed by atoms with van der Waals surface area (Å²) in [7, 11) is 1.46. The van der Waals surface area contributed by atoms with Crippen LogP contribution in [0.5, 0.6) is 5.88 Å². The maximum atomic E-state index is 11.1. The second-order valence-corrected chi connectivity index (χ2v) is 4.82. The van der Waals surface area contributed by atoms with Gasteiger partial charge in [0.05, 0.1) is 12.8 Å². The molecule has 0 unspecified atom stereocenters. The van der Waals surface area contributed by atoms with Gasteiger partial charge in [-0.15, -0.1) is 0 Å². The molecular weight excluding hydrogens is 292 g/mol. The van der Waals surface area contributed by atoms with Crippen LogP contribution in [0.3, 0.4) is 0 Å². The number of ether oxygens (including phenoxy) is 1. The Morgan fingerprint density at radius 3 is 2.62 bits per heavy atom. The van der Waals surface area contributed by atoms with Gasteiger partial charge in [-0.05, 0) is 18.1 Å². The number of hydrogen-bond acceptors (Lipinski definition) is 4. The van der Waals surface area contributed by atoms with Crippen molar-refractivity contribution < 1.29 is 14.6 Å². The maximum Gasteiger partial charge on any atom is 0.374 e. The first-order chi connectivity index (χ1) is 10.1. The van der Waals surface area contributed by atoms with Gasteiger partial charge in [-0.1, -0.05) is 36.7 Å². The van der Waals surface area contributed by atoms with E-state index >= 15 is 0 Å². The number of carboxylic acid groups (broad SMARTS) is 1. The number of benzene rings is 1. The molecule has 0 saturated heterocycles. The molecule has 0 aliphatic carbocycles. The minimum absolute atomic E-state index is 0.258. The van der Waals surface area contributed by atoms with Crippen LogP contribution in [0.2, 0.25) is 5.02 Å². The molecule has 0 amide bonds. The molecule has 6 heteroatoms. The van der Waals surface area contributed by atoms with E-state index in [9.17, 15) is 4.79 Å². The summed E-state index contributed by atoms with van der Waals surface area (Å²) in [5.74, 6) is -1.15. The third-order valence-electron chi connectivity index (χ3n) is 3.10. The molecule has 0 radical (unpaired) electrons. The summed E-state index contributed by atoms with van der Waals surface area (Å²) < 4.78 is 5.23. The molecular formula is C15H15ClN2O3. The van der Waals surface area contributed by atoms with Crippen LogP contribution in [0.4, 0.5) is 0 Å². The summed E-state index contributed by atoms with van der Waals surface area (Å²) in [4.78, 5) is 19.1. The third kappa shape index (κ3) is 3.31. The van der Waals surface area contributed by atoms with Crippen molar-refractivity contribution in [1.82, 2.24) is 9.97 Å². The number of carboxylic acids is 1. The first-order valence-electron chi connectivity index (χ1n) is 6.47. The highest BCUT2D eigenvalue weighted by Crippen LogP contribution is 2.26. The van der Waals surface area contributed by atoms with Crippen molar-refractivity contribution in [3.63, 3.8) is 0 Å². The second-order valence-electron chi connectivity index (χ2n) is 4.41. The predicted molar refractivity (Wildman–Crippen MR) is 79.2 cm³/mol. The van der Waals surface area contributed by atoms with E-state index in [-0.39, 0.29) is 11.7 Å². The fourth-order valence-electron chi connectivity index (χ4n) is 2.07. The summed E-state index contributed by atoms with van der Waals surface area (Å²) in [6.07, 6.45) is 1.07. The molecule has 0 atom stereocenters. The molecule has 0 spiro atoms. The van der Waals surface area contributed by atoms with Crippen LogP contribution in [0.1, 0.15) is 34.4 Å². The SMILES string of the molecule is CCc1nc(C(=O)O)nc(OC)c1Cc1ccccc1Cl. The number of aromatic carboxylic acids is 1. The van der Waals surface area contributed by atoms with Gasteiger partial charge in [0.2, 0.25) is 11.7 Å². The van der Waals surface area contributed by atoms with E-state index < -0.39 is 5.97 Å². The van der Waals surface area contributed by atoms with Crippen molar-refractivity contribution in [2.24, 2.45) is 0 Å². The molecule has 1 aromatic carbocycles. The zero-order valence-electron chi connectivity index (χ0n) is 11.8. The van der Waals surface area contributed by atoms with Crippen LogP contribution in [0.25, 0.3) is 0 Å². The number of carbonyl (C=O) groups is 1. The van der Waals surface area contributed by atoms with Gasteiger partial charge in [-0.2, -0.15) is 4.98 Å². The van der Waals surface area contributed by atoms with Crippen LogP contribution in [0, 0.1) is 0 Å². The molecule has 0 aliphatic heterocycles. The monoisotopic (exact) mass is 306 g/mol. The van der Waals surface area contributed by atoms with E-state index in [1.165, 1.54) is 7.11 Å². The molecule has 5 nitrogen and oxygen atoms in total. The number of rotatable bonds is 5. The Kier molecular flexibility index (Phi) is 4.75. The largest absolute Gasteiger partial charge is 0.481 e. The Labute approximate surface area is 127 Å². The van der Waals surface area contributed by atoms with E-state index in [1.54, 1.807) is 0 Å². The first kappa shape index (κ1) is 15.3. The van der Waals surface area contributed by atoms with E-state index in [4.69, 9.17) is 21.4 Å². The molecule has 0 fully saturated rings. The van der Waals surface area contributed by atoms with Crippen molar-refractivity contribution in [2.75, 3.05) is 7.11 Å². The highest BCUT2D eigenvalue weighted by Gasteiger charge is 2.18. The van der Waals surface area contributed by atoms with Crippen molar-refractivity contribution in [1.29, 1.82) is 0 Å². The van der Waals surface area contributed by atoms with E-state index in [1.807, 2.05) is 31.2 Å². The van der Waals surface area contributed by atoms with Crippen molar-refractivity contribution >= 4 is 17.6 Å². The predicted octanol–water partition coefficient (Wildman–Crippen LogP) is 2.99. The number of hydrogen-bond donors (Lipinski definition) is 1. The summed E-state index contributed by atoms with van der Waals surface area (Å²) in [6.45, 7) is 1.91. The summed E-state index contributed by atoms with van der Waals surface area (Å²) in [6, 6.07) is 7.47. The van der Waals surface area contributed by atoms with E-state index in [2.05, 4.69) is 9.97 Å². The van der Waals surface area contributed by atoms with Gasteiger partial charge >= 0.3 is 5.97 Å². The quantitative estimate of drug-likeness (QED) is 0.919. The summed E-state index contributed by atoms with van der Waals surface area (Å²) >= 11 is 6.17. The highest BCUT2D eigenvalue weighted by atomic mass is 35.5. The fourth-order valence-corrected chi connectivity index (χ4v) is 2.28. The van der Waals surface area contributed by atoms with Crippen LogP contribution in [0.15, 0.2) is 24.3 Å². The van der Waals surface area contributed by atoms with Gasteiger partial charge in [-0.25, -0.2) is 9.78 Å². The van der Waals surface area contributed by atoms with Crippen LogP contribution < -0.4 is 4.74 Å². The maximum absolute atomic E-state index is 11.1. The zero-order chi connectivity index (χ0) is 15.4. The van der Waals surface area contributed by atoms with Crippen molar-refractivity contribution in [3.8, 4) is 5.88 Å². The molecule has 0 bridgehead atoms. The number of methoxy groups -OCH3 is 1. The Balaban J connectivity index is 2.51. The lowest BCUT2D eigenvalue weighted by molar-refractivity contribution is 0.0681. The lowest BCUT2D eigenvalue weighted by Crippen LogP contribution is -2.12. The molecule has 1 aromatic heterocycles. The van der Waals surface area contributed by atoms with Gasteiger partial charge in [-0.3, -0.25) is 0 Å². The lowest BCUT2D eigenvalue weighted by Gasteiger charge is -2.13. The molecule has 2 aromatic rings. The lowest BCUT2D eigenvalue weighted by atomic mass is 10.0. The van der Waals surface area contributed by atoms with Gasteiger partial charge in [0.1, 0.15) is 0 Å². The second kappa shape index (κ2) is 6.54. The number of halogens is 1.